The van der Waals surface area contributed by atoms with Crippen LogP contribution in [0.2, 0.25) is 0 Å². The van der Waals surface area contributed by atoms with Crippen molar-refractivity contribution in [3.05, 3.63) is 0 Å². The fourth-order valence-electron chi connectivity index (χ4n) is 1.06. The molecule has 0 spiro atoms. The first-order chi connectivity index (χ1) is 6.73. The first kappa shape index (κ1) is 11.8. The molecule has 15 heavy (non-hydrogen) atoms. The Morgan fingerprint density at radius 2 is 2.00 bits per heavy atom. The average Bonchev–Trinajstić information content (AvgIpc) is 2.10. The zero-order chi connectivity index (χ0) is 11.8. The molecule has 2 unspecified atom stereocenters. The predicted octanol–water partition coefficient (Wildman–Crippen LogP) is -0.247. The summed E-state index contributed by atoms with van der Waals surface area (Å²) in [6.07, 6.45) is -2.21. The van der Waals surface area contributed by atoms with E-state index in [4.69, 9.17) is 5.73 Å². The van der Waals surface area contributed by atoms with Gasteiger partial charge in [-0.3, -0.25) is 9.59 Å². The molecule has 0 aromatic rings. The monoisotopic (exact) mass is 215 g/mol. The van der Waals surface area contributed by atoms with Crippen LogP contribution in [0.5, 0.6) is 0 Å². The van der Waals surface area contributed by atoms with Crippen molar-refractivity contribution in [1.29, 1.82) is 0 Å². The van der Waals surface area contributed by atoms with Gasteiger partial charge in [-0.05, 0) is 5.41 Å². The smallest absolute Gasteiger partial charge is 0.291 e. The summed E-state index contributed by atoms with van der Waals surface area (Å²) in [5.74, 6) is -2.05. The number of amidine groups is 1. The number of amides is 2. The molecule has 0 radical (unpaired) electrons. The van der Waals surface area contributed by atoms with Gasteiger partial charge in [-0.1, -0.05) is 20.8 Å². The van der Waals surface area contributed by atoms with Crippen LogP contribution in [0.3, 0.4) is 0 Å². The van der Waals surface area contributed by atoms with Crippen LogP contribution in [0.4, 0.5) is 4.39 Å². The first-order valence-electron chi connectivity index (χ1n) is 4.56. The first-order valence-corrected chi connectivity index (χ1v) is 4.56. The lowest BCUT2D eigenvalue weighted by Gasteiger charge is -2.29. The molecule has 0 aliphatic carbocycles. The van der Waals surface area contributed by atoms with E-state index in [1.807, 2.05) is 20.8 Å². The Balaban J connectivity index is 2.94. The number of alkyl halides is 1. The normalized spacial score (nSPS) is 24.6. The molecule has 1 rings (SSSR count). The van der Waals surface area contributed by atoms with Crippen molar-refractivity contribution in [2.45, 2.75) is 33.0 Å². The summed E-state index contributed by atoms with van der Waals surface area (Å²) in [7, 11) is 0. The summed E-state index contributed by atoms with van der Waals surface area (Å²) >= 11 is 0. The van der Waals surface area contributed by atoms with Gasteiger partial charge in [0.1, 0.15) is 5.84 Å². The largest absolute Gasteiger partial charge is 0.321 e. The Labute approximate surface area is 86.9 Å². The molecule has 1 heterocycles. The fourth-order valence-corrected chi connectivity index (χ4v) is 1.06. The number of nitrogens with zero attached hydrogens (tertiary/aromatic N) is 1. The van der Waals surface area contributed by atoms with Gasteiger partial charge in [-0.2, -0.15) is 4.99 Å². The number of nitrogens with two attached hydrogens (primary N) is 1. The molecule has 0 saturated heterocycles. The van der Waals surface area contributed by atoms with Gasteiger partial charge < -0.3 is 11.1 Å². The quantitative estimate of drug-likeness (QED) is 0.592. The number of carbonyl (C=O) groups excluding carboxylic acids is 2. The highest BCUT2D eigenvalue weighted by atomic mass is 19.1. The Bertz CT molecular complexity index is 333. The maximum atomic E-state index is 12.8. The number of hydrogen-bond acceptors (Lipinski definition) is 3. The lowest BCUT2D eigenvalue weighted by atomic mass is 9.86. The van der Waals surface area contributed by atoms with E-state index in [1.54, 1.807) is 0 Å². The summed E-state index contributed by atoms with van der Waals surface area (Å²) in [5.41, 5.74) is 5.41. The number of nitrogens with one attached hydrogen (secondary N) is 1. The van der Waals surface area contributed by atoms with Gasteiger partial charge in [0.25, 0.3) is 18.0 Å². The summed E-state index contributed by atoms with van der Waals surface area (Å²) in [5, 5.41) is 2.19. The van der Waals surface area contributed by atoms with Crippen LogP contribution in [0.15, 0.2) is 4.99 Å². The lowest BCUT2D eigenvalue weighted by molar-refractivity contribution is -0.134. The van der Waals surface area contributed by atoms with Crippen molar-refractivity contribution in [3.63, 3.8) is 0 Å². The molecule has 0 aromatic carbocycles. The third-order valence-corrected chi connectivity index (χ3v) is 2.16. The van der Waals surface area contributed by atoms with Crippen molar-refractivity contribution in [1.82, 2.24) is 5.32 Å². The van der Waals surface area contributed by atoms with Crippen molar-refractivity contribution >= 4 is 17.6 Å². The van der Waals surface area contributed by atoms with Crippen LogP contribution in [-0.2, 0) is 9.59 Å². The maximum absolute atomic E-state index is 12.8. The molecular weight excluding hydrogens is 201 g/mol. The van der Waals surface area contributed by atoms with E-state index >= 15 is 0 Å². The second-order valence-electron chi connectivity index (χ2n) is 4.53. The van der Waals surface area contributed by atoms with Crippen LogP contribution >= 0.6 is 0 Å². The van der Waals surface area contributed by atoms with Crippen LogP contribution in [0.25, 0.3) is 0 Å². The molecule has 0 aromatic heterocycles. The Kier molecular flexibility index (Phi) is 2.90. The third kappa shape index (κ3) is 2.38. The zero-order valence-corrected chi connectivity index (χ0v) is 8.87. The van der Waals surface area contributed by atoms with Crippen molar-refractivity contribution in [2.75, 3.05) is 0 Å². The van der Waals surface area contributed by atoms with Gasteiger partial charge in [0.05, 0.1) is 6.04 Å². The SMILES string of the molecule is CC(C)(C)C(N)C1=NC(=O)C(F)C(=O)N1. The van der Waals surface area contributed by atoms with E-state index in [9.17, 15) is 14.0 Å². The van der Waals surface area contributed by atoms with Crippen molar-refractivity contribution < 1.29 is 14.0 Å². The lowest BCUT2D eigenvalue weighted by Crippen LogP contribution is -2.55. The highest BCUT2D eigenvalue weighted by Crippen LogP contribution is 2.19. The van der Waals surface area contributed by atoms with E-state index in [0.29, 0.717) is 0 Å². The van der Waals surface area contributed by atoms with Crippen LogP contribution < -0.4 is 11.1 Å². The summed E-state index contributed by atoms with van der Waals surface area (Å²) in [4.78, 5) is 25.4. The summed E-state index contributed by atoms with van der Waals surface area (Å²) in [6, 6.07) is -0.613. The maximum Gasteiger partial charge on any atom is 0.291 e. The molecule has 2 amide bonds. The molecule has 0 saturated carbocycles. The minimum absolute atomic E-state index is 0.0337. The Hall–Kier alpha value is -1.30. The second kappa shape index (κ2) is 3.69. The standard InChI is InChI=1S/C9H14FN3O2/c1-9(2,3)5(11)6-12-7(14)4(10)8(15)13-6/h4-5H,11H2,1-3H3,(H,12,13,14,15). The number of halogens is 1. The number of aliphatic imine (C=N–C) groups is 1. The molecule has 2 atom stereocenters. The van der Waals surface area contributed by atoms with E-state index in [0.717, 1.165) is 0 Å². The van der Waals surface area contributed by atoms with Gasteiger partial charge in [0.15, 0.2) is 0 Å². The van der Waals surface area contributed by atoms with Crippen molar-refractivity contribution in [3.8, 4) is 0 Å². The van der Waals surface area contributed by atoms with Crippen LogP contribution in [0, 0.1) is 5.41 Å². The van der Waals surface area contributed by atoms with Gasteiger partial charge in [-0.15, -0.1) is 0 Å². The highest BCUT2D eigenvalue weighted by Gasteiger charge is 2.36. The number of hydrogen-bond donors (Lipinski definition) is 2. The number of rotatable bonds is 1. The molecule has 0 bridgehead atoms. The third-order valence-electron chi connectivity index (χ3n) is 2.16. The van der Waals surface area contributed by atoms with Crippen molar-refractivity contribution in [2.24, 2.45) is 16.1 Å². The van der Waals surface area contributed by atoms with Gasteiger partial charge in [0.2, 0.25) is 0 Å². The molecule has 3 N–H and O–H groups in total. The summed E-state index contributed by atoms with van der Waals surface area (Å²) < 4.78 is 12.8. The topological polar surface area (TPSA) is 84.5 Å². The van der Waals surface area contributed by atoms with E-state index in [2.05, 4.69) is 10.3 Å². The Morgan fingerprint density at radius 1 is 1.47 bits per heavy atom. The van der Waals surface area contributed by atoms with E-state index in [-0.39, 0.29) is 11.3 Å². The summed E-state index contributed by atoms with van der Waals surface area (Å²) in [6.45, 7) is 5.50. The Morgan fingerprint density at radius 3 is 2.40 bits per heavy atom. The molecule has 0 fully saturated rings. The van der Waals surface area contributed by atoms with Gasteiger partial charge in [-0.25, -0.2) is 4.39 Å². The molecular formula is C9H14FN3O2. The minimum atomic E-state index is -2.21. The predicted molar refractivity (Wildman–Crippen MR) is 52.9 cm³/mol. The van der Waals surface area contributed by atoms with Gasteiger partial charge >= 0.3 is 0 Å². The van der Waals surface area contributed by atoms with Crippen LogP contribution in [0.1, 0.15) is 20.8 Å². The van der Waals surface area contributed by atoms with Gasteiger partial charge in [0, 0.05) is 0 Å². The molecule has 6 heteroatoms. The zero-order valence-electron chi connectivity index (χ0n) is 8.87. The van der Waals surface area contributed by atoms with E-state index < -0.39 is 24.0 Å². The average molecular weight is 215 g/mol. The fraction of sp³-hybridized carbons (Fsp3) is 0.667. The molecule has 84 valence electrons. The molecule has 5 nitrogen and oxygen atoms in total. The number of carbonyl (C=O) groups is 2. The molecule has 1 aliphatic heterocycles. The molecule has 1 aliphatic rings. The van der Waals surface area contributed by atoms with Crippen LogP contribution in [-0.4, -0.2) is 29.9 Å². The van der Waals surface area contributed by atoms with E-state index in [1.165, 1.54) is 0 Å². The minimum Gasteiger partial charge on any atom is -0.321 e. The second-order valence-corrected chi connectivity index (χ2v) is 4.53. The highest BCUT2D eigenvalue weighted by molar-refractivity contribution is 6.18.